The van der Waals surface area contributed by atoms with Crippen LogP contribution >= 0.6 is 0 Å². The Bertz CT molecular complexity index is 1330. The number of hydrogen-bond donors (Lipinski definition) is 2. The molecule has 2 amide bonds. The number of carboxylic acid groups (broad SMARTS) is 1. The minimum Gasteiger partial charge on any atom is -0.492 e. The van der Waals surface area contributed by atoms with E-state index in [2.05, 4.69) is 39.1 Å². The minimum absolute atomic E-state index is 0.294. The lowest BCUT2D eigenvalue weighted by atomic mass is 9.88. The number of ether oxygens (including phenoxy) is 1. The number of aromatic nitrogens is 1. The van der Waals surface area contributed by atoms with Crippen molar-refractivity contribution in [2.75, 3.05) is 6.61 Å². The van der Waals surface area contributed by atoms with E-state index in [1.165, 1.54) is 21.8 Å². The van der Waals surface area contributed by atoms with Gasteiger partial charge in [0.15, 0.2) is 0 Å². The summed E-state index contributed by atoms with van der Waals surface area (Å²) < 4.78 is 8.25. The Kier molecular flexibility index (Phi) is 5.30. The van der Waals surface area contributed by atoms with Crippen molar-refractivity contribution in [1.82, 2.24) is 9.88 Å². The number of nitrogens with one attached hydrogen (secondary N) is 1. The smallest absolute Gasteiger partial charge is 0.341 e. The van der Waals surface area contributed by atoms with Gasteiger partial charge >= 0.3 is 12.0 Å². The van der Waals surface area contributed by atoms with Crippen LogP contribution in [0.1, 0.15) is 18.5 Å². The van der Waals surface area contributed by atoms with Crippen LogP contribution in [0.2, 0.25) is 0 Å². The molecule has 2 heterocycles. The quantitative estimate of drug-likeness (QED) is 0.450. The standard InChI is InChI=1S/C26H23N3O4/c1-16-23(25(30)31)24(28-26(32)27-16)17-10-12-18(13-11-17)33-15-14-29-21-8-4-2-6-19(21)20-7-3-5-9-22(20)29/h2-13,23-24H,14-15H2,1H3,(H,28,32)(H,30,31). The molecule has 1 aliphatic rings. The van der Waals surface area contributed by atoms with E-state index < -0.39 is 24.0 Å². The van der Waals surface area contributed by atoms with E-state index in [1.807, 2.05) is 24.3 Å². The van der Waals surface area contributed by atoms with Gasteiger partial charge in [-0.3, -0.25) is 4.79 Å². The van der Waals surface area contributed by atoms with Crippen LogP contribution in [0.15, 0.2) is 77.8 Å². The summed E-state index contributed by atoms with van der Waals surface area (Å²) in [7, 11) is 0. The molecular formula is C26H23N3O4. The van der Waals surface area contributed by atoms with Gasteiger partial charge in [0.2, 0.25) is 0 Å². The highest BCUT2D eigenvalue weighted by Crippen LogP contribution is 2.30. The number of urea groups is 1. The molecule has 166 valence electrons. The Hall–Kier alpha value is -4.13. The summed E-state index contributed by atoms with van der Waals surface area (Å²) >= 11 is 0. The number of carbonyl (C=O) groups is 2. The Morgan fingerprint density at radius 3 is 2.21 bits per heavy atom. The van der Waals surface area contributed by atoms with Gasteiger partial charge in [0.1, 0.15) is 18.3 Å². The second-order valence-corrected chi connectivity index (χ2v) is 8.10. The van der Waals surface area contributed by atoms with Crippen molar-refractivity contribution in [2.45, 2.75) is 19.5 Å². The normalized spacial score (nSPS) is 18.2. The van der Waals surface area contributed by atoms with E-state index >= 15 is 0 Å². The average Bonchev–Trinajstić information content (AvgIpc) is 3.13. The summed E-state index contributed by atoms with van der Waals surface area (Å²) in [5.74, 6) is -1.24. The number of para-hydroxylation sites is 2. The topological polar surface area (TPSA) is 92.9 Å². The number of carboxylic acids is 1. The van der Waals surface area contributed by atoms with E-state index in [4.69, 9.17) is 4.74 Å². The molecule has 7 nitrogen and oxygen atoms in total. The first kappa shape index (κ1) is 20.8. The second kappa shape index (κ2) is 8.43. The highest BCUT2D eigenvalue weighted by Gasteiger charge is 2.36. The molecule has 0 radical (unpaired) electrons. The van der Waals surface area contributed by atoms with Crippen LogP contribution in [0.5, 0.6) is 5.75 Å². The molecular weight excluding hydrogens is 418 g/mol. The molecule has 1 aromatic heterocycles. The average molecular weight is 441 g/mol. The fraction of sp³-hybridized carbons (Fsp3) is 0.192. The molecule has 5 rings (SSSR count). The van der Waals surface area contributed by atoms with Crippen molar-refractivity contribution in [3.05, 3.63) is 78.4 Å². The highest BCUT2D eigenvalue weighted by molar-refractivity contribution is 6.08. The number of aliphatic carboxylic acids is 1. The molecule has 0 aliphatic carbocycles. The van der Waals surface area contributed by atoms with Gasteiger partial charge in [-0.25, -0.2) is 9.79 Å². The molecule has 0 spiro atoms. The fourth-order valence-electron chi connectivity index (χ4n) is 4.59. The van der Waals surface area contributed by atoms with Crippen molar-refractivity contribution in [1.29, 1.82) is 0 Å². The van der Waals surface area contributed by atoms with Crippen molar-refractivity contribution in [3.8, 4) is 5.75 Å². The van der Waals surface area contributed by atoms with Crippen molar-refractivity contribution in [3.63, 3.8) is 0 Å². The van der Waals surface area contributed by atoms with Gasteiger partial charge in [0.25, 0.3) is 0 Å². The first-order valence-corrected chi connectivity index (χ1v) is 10.8. The molecule has 0 saturated carbocycles. The van der Waals surface area contributed by atoms with E-state index in [1.54, 1.807) is 31.2 Å². The summed E-state index contributed by atoms with van der Waals surface area (Å²) in [5.41, 5.74) is 3.33. The van der Waals surface area contributed by atoms with Gasteiger partial charge in [0, 0.05) is 27.5 Å². The molecule has 0 bridgehead atoms. The third kappa shape index (κ3) is 3.82. The Balaban J connectivity index is 1.32. The number of amides is 2. The third-order valence-corrected chi connectivity index (χ3v) is 6.11. The Morgan fingerprint density at radius 1 is 1.00 bits per heavy atom. The summed E-state index contributed by atoms with van der Waals surface area (Å²) in [4.78, 5) is 27.3. The maximum absolute atomic E-state index is 11.8. The maximum Gasteiger partial charge on any atom is 0.341 e. The van der Waals surface area contributed by atoms with E-state index in [0.29, 0.717) is 30.2 Å². The lowest BCUT2D eigenvalue weighted by Gasteiger charge is -2.28. The summed E-state index contributed by atoms with van der Waals surface area (Å²) in [6, 6.07) is 22.7. The molecule has 33 heavy (non-hydrogen) atoms. The van der Waals surface area contributed by atoms with Gasteiger partial charge < -0.3 is 19.7 Å². The van der Waals surface area contributed by atoms with Gasteiger partial charge in [-0.05, 0) is 36.8 Å². The molecule has 2 atom stereocenters. The van der Waals surface area contributed by atoms with Gasteiger partial charge in [-0.1, -0.05) is 48.5 Å². The van der Waals surface area contributed by atoms with E-state index in [0.717, 1.165) is 0 Å². The van der Waals surface area contributed by atoms with Crippen molar-refractivity contribution < 1.29 is 19.4 Å². The van der Waals surface area contributed by atoms with Crippen LogP contribution in [0.4, 0.5) is 4.79 Å². The zero-order valence-electron chi connectivity index (χ0n) is 18.1. The minimum atomic E-state index is -1.02. The SMILES string of the molecule is CC1=NC(=O)NC(c2ccc(OCCn3c4ccccc4c4ccccc43)cc2)C1C(=O)O. The number of nitrogens with zero attached hydrogens (tertiary/aromatic N) is 2. The lowest BCUT2D eigenvalue weighted by Crippen LogP contribution is -2.43. The maximum atomic E-state index is 11.8. The lowest BCUT2D eigenvalue weighted by molar-refractivity contribution is -0.140. The van der Waals surface area contributed by atoms with Crippen LogP contribution in [-0.2, 0) is 11.3 Å². The predicted octanol–water partition coefficient (Wildman–Crippen LogP) is 4.80. The molecule has 7 heteroatoms. The van der Waals surface area contributed by atoms with Gasteiger partial charge in [-0.15, -0.1) is 0 Å². The van der Waals surface area contributed by atoms with Gasteiger partial charge in [0.05, 0.1) is 12.6 Å². The molecule has 2 N–H and O–H groups in total. The number of aliphatic imine (C=N–C) groups is 1. The first-order chi connectivity index (χ1) is 16.0. The van der Waals surface area contributed by atoms with Crippen LogP contribution in [0, 0.1) is 5.92 Å². The van der Waals surface area contributed by atoms with E-state index in [-0.39, 0.29) is 0 Å². The van der Waals surface area contributed by atoms with Crippen molar-refractivity contribution in [2.24, 2.45) is 10.9 Å². The summed E-state index contributed by atoms with van der Waals surface area (Å²) in [6.45, 7) is 2.73. The Morgan fingerprint density at radius 2 is 1.61 bits per heavy atom. The number of benzene rings is 3. The van der Waals surface area contributed by atoms with Crippen LogP contribution in [-0.4, -0.2) is 34.0 Å². The molecule has 2 unspecified atom stereocenters. The van der Waals surface area contributed by atoms with Crippen LogP contribution < -0.4 is 10.1 Å². The molecule has 1 aliphatic heterocycles. The predicted molar refractivity (Wildman–Crippen MR) is 127 cm³/mol. The van der Waals surface area contributed by atoms with E-state index in [9.17, 15) is 14.7 Å². The second-order valence-electron chi connectivity index (χ2n) is 8.10. The monoisotopic (exact) mass is 441 g/mol. The zero-order valence-corrected chi connectivity index (χ0v) is 18.1. The summed E-state index contributed by atoms with van der Waals surface area (Å²) in [5, 5.41) is 14.7. The van der Waals surface area contributed by atoms with Crippen LogP contribution in [0.3, 0.4) is 0 Å². The molecule has 0 fully saturated rings. The highest BCUT2D eigenvalue weighted by atomic mass is 16.5. The number of fused-ring (bicyclic) bond motifs is 3. The third-order valence-electron chi connectivity index (χ3n) is 6.11. The molecule has 3 aromatic carbocycles. The first-order valence-electron chi connectivity index (χ1n) is 10.8. The largest absolute Gasteiger partial charge is 0.492 e. The van der Waals surface area contributed by atoms with Crippen molar-refractivity contribution >= 4 is 39.5 Å². The number of hydrogen-bond acceptors (Lipinski definition) is 3. The molecule has 0 saturated heterocycles. The fourth-order valence-corrected chi connectivity index (χ4v) is 4.59. The Labute approximate surface area is 190 Å². The van der Waals surface area contributed by atoms with Crippen LogP contribution in [0.25, 0.3) is 21.8 Å². The number of carbonyl (C=O) groups excluding carboxylic acids is 1. The summed E-state index contributed by atoms with van der Waals surface area (Å²) in [6.07, 6.45) is 0. The number of rotatable bonds is 6. The van der Waals surface area contributed by atoms with Gasteiger partial charge in [-0.2, -0.15) is 0 Å². The molecule has 4 aromatic rings. The zero-order chi connectivity index (χ0) is 22.9.